The summed E-state index contributed by atoms with van der Waals surface area (Å²) in [6.45, 7) is 2.86. The summed E-state index contributed by atoms with van der Waals surface area (Å²) in [4.78, 5) is 6.01. The average Bonchev–Trinajstić information content (AvgIpc) is 2.43. The molecule has 106 valence electrons. The van der Waals surface area contributed by atoms with Gasteiger partial charge in [-0.15, -0.1) is 0 Å². The minimum Gasteiger partial charge on any atom is -0.491 e. The molecule has 2 N–H and O–H groups in total. The third-order valence-corrected chi connectivity index (χ3v) is 2.93. The molecule has 0 atom stereocenters. The zero-order valence-electron chi connectivity index (χ0n) is 11.6. The first-order valence-electron chi connectivity index (χ1n) is 6.43. The Labute approximate surface area is 118 Å². The van der Waals surface area contributed by atoms with E-state index in [1.165, 1.54) is 6.07 Å². The first-order valence-corrected chi connectivity index (χ1v) is 6.43. The Balaban J connectivity index is 2.25. The van der Waals surface area contributed by atoms with Crippen LogP contribution in [0.2, 0.25) is 0 Å². The SMILES string of the molecule is CCOc1cc(N(C)Cc2cccnc2)c(N)cc1F. The highest BCUT2D eigenvalue weighted by Crippen LogP contribution is 2.31. The molecule has 5 heteroatoms. The third kappa shape index (κ3) is 3.17. The van der Waals surface area contributed by atoms with Gasteiger partial charge in [0, 0.05) is 38.1 Å². The standard InChI is InChI=1S/C15H18FN3O/c1-3-20-15-8-14(13(17)7-12(15)16)19(2)10-11-5-4-6-18-9-11/h4-9H,3,10,17H2,1-2H3. The number of hydrogen-bond donors (Lipinski definition) is 1. The van der Waals surface area contributed by atoms with Gasteiger partial charge in [-0.2, -0.15) is 0 Å². The minimum atomic E-state index is -0.442. The lowest BCUT2D eigenvalue weighted by atomic mass is 10.2. The molecule has 0 unspecified atom stereocenters. The molecule has 0 fully saturated rings. The van der Waals surface area contributed by atoms with Crippen LogP contribution in [0.4, 0.5) is 15.8 Å². The van der Waals surface area contributed by atoms with Crippen molar-refractivity contribution >= 4 is 11.4 Å². The van der Waals surface area contributed by atoms with E-state index in [0.29, 0.717) is 18.8 Å². The van der Waals surface area contributed by atoms with Crippen molar-refractivity contribution in [1.82, 2.24) is 4.98 Å². The second-order valence-electron chi connectivity index (χ2n) is 4.49. The van der Waals surface area contributed by atoms with Crippen molar-refractivity contribution in [2.24, 2.45) is 0 Å². The average molecular weight is 275 g/mol. The summed E-state index contributed by atoms with van der Waals surface area (Å²) < 4.78 is 18.9. The number of halogens is 1. The largest absolute Gasteiger partial charge is 0.491 e. The van der Waals surface area contributed by atoms with Crippen molar-refractivity contribution < 1.29 is 9.13 Å². The summed E-state index contributed by atoms with van der Waals surface area (Å²) in [6, 6.07) is 6.78. The number of pyridine rings is 1. The van der Waals surface area contributed by atoms with Gasteiger partial charge in [0.05, 0.1) is 18.0 Å². The molecule has 1 aromatic carbocycles. The molecule has 0 aliphatic rings. The van der Waals surface area contributed by atoms with Crippen LogP contribution in [0.15, 0.2) is 36.7 Å². The van der Waals surface area contributed by atoms with E-state index in [4.69, 9.17) is 10.5 Å². The minimum absolute atomic E-state index is 0.217. The predicted octanol–water partition coefficient (Wildman–Crippen LogP) is 2.84. The number of aromatic nitrogens is 1. The highest BCUT2D eigenvalue weighted by molar-refractivity contribution is 5.69. The van der Waals surface area contributed by atoms with Gasteiger partial charge in [0.1, 0.15) is 0 Å². The van der Waals surface area contributed by atoms with Crippen LogP contribution in [0.5, 0.6) is 5.75 Å². The molecule has 4 nitrogen and oxygen atoms in total. The Morgan fingerprint density at radius 3 is 2.85 bits per heavy atom. The number of nitrogen functional groups attached to an aromatic ring is 1. The zero-order valence-corrected chi connectivity index (χ0v) is 11.6. The van der Waals surface area contributed by atoms with Crippen LogP contribution in [0.3, 0.4) is 0 Å². The molecule has 0 saturated heterocycles. The lowest BCUT2D eigenvalue weighted by molar-refractivity contribution is 0.322. The van der Waals surface area contributed by atoms with Crippen LogP contribution in [0, 0.1) is 5.82 Å². The first kappa shape index (κ1) is 14.1. The maximum atomic E-state index is 13.7. The van der Waals surface area contributed by atoms with Gasteiger partial charge in [0.25, 0.3) is 0 Å². The summed E-state index contributed by atoms with van der Waals surface area (Å²) >= 11 is 0. The van der Waals surface area contributed by atoms with E-state index in [9.17, 15) is 4.39 Å². The lowest BCUT2D eigenvalue weighted by Crippen LogP contribution is -2.18. The van der Waals surface area contributed by atoms with E-state index < -0.39 is 5.82 Å². The molecular formula is C15H18FN3O. The first-order chi connectivity index (χ1) is 9.61. The molecule has 1 aromatic heterocycles. The number of anilines is 2. The fourth-order valence-electron chi connectivity index (χ4n) is 2.01. The van der Waals surface area contributed by atoms with Crippen LogP contribution in [0.25, 0.3) is 0 Å². The number of nitrogens with two attached hydrogens (primary N) is 1. The van der Waals surface area contributed by atoms with E-state index in [-0.39, 0.29) is 5.75 Å². The fourth-order valence-corrected chi connectivity index (χ4v) is 2.01. The van der Waals surface area contributed by atoms with Gasteiger partial charge in [-0.1, -0.05) is 6.07 Å². The number of rotatable bonds is 5. The molecule has 2 aromatic rings. The number of nitrogens with zero attached hydrogens (tertiary/aromatic N) is 2. The van der Waals surface area contributed by atoms with Gasteiger partial charge < -0.3 is 15.4 Å². The van der Waals surface area contributed by atoms with E-state index >= 15 is 0 Å². The summed E-state index contributed by atoms with van der Waals surface area (Å²) in [5.74, 6) is -0.224. The van der Waals surface area contributed by atoms with Crippen LogP contribution in [-0.4, -0.2) is 18.6 Å². The number of ether oxygens (including phenoxy) is 1. The van der Waals surface area contributed by atoms with Crippen LogP contribution in [-0.2, 0) is 6.54 Å². The van der Waals surface area contributed by atoms with E-state index in [2.05, 4.69) is 4.98 Å². The van der Waals surface area contributed by atoms with Crippen molar-refractivity contribution in [3.8, 4) is 5.75 Å². The molecule has 0 aliphatic carbocycles. The van der Waals surface area contributed by atoms with Gasteiger partial charge >= 0.3 is 0 Å². The Morgan fingerprint density at radius 1 is 1.40 bits per heavy atom. The molecule has 2 rings (SSSR count). The van der Waals surface area contributed by atoms with Crippen LogP contribution >= 0.6 is 0 Å². The Morgan fingerprint density at radius 2 is 2.20 bits per heavy atom. The van der Waals surface area contributed by atoms with Gasteiger partial charge in [-0.25, -0.2) is 4.39 Å². The smallest absolute Gasteiger partial charge is 0.167 e. The maximum absolute atomic E-state index is 13.7. The molecule has 0 radical (unpaired) electrons. The van der Waals surface area contributed by atoms with Crippen LogP contribution < -0.4 is 15.4 Å². The highest BCUT2D eigenvalue weighted by Gasteiger charge is 2.12. The summed E-state index contributed by atoms with van der Waals surface area (Å²) in [7, 11) is 1.90. The van der Waals surface area contributed by atoms with Crippen molar-refractivity contribution in [1.29, 1.82) is 0 Å². The molecule has 20 heavy (non-hydrogen) atoms. The molecule has 0 bridgehead atoms. The summed E-state index contributed by atoms with van der Waals surface area (Å²) in [5, 5.41) is 0. The highest BCUT2D eigenvalue weighted by atomic mass is 19.1. The summed E-state index contributed by atoms with van der Waals surface area (Å²) in [6.07, 6.45) is 3.52. The molecule has 1 heterocycles. The van der Waals surface area contributed by atoms with Gasteiger partial charge in [0.2, 0.25) is 0 Å². The monoisotopic (exact) mass is 275 g/mol. The van der Waals surface area contributed by atoms with Crippen LogP contribution in [0.1, 0.15) is 12.5 Å². The molecule has 0 saturated carbocycles. The van der Waals surface area contributed by atoms with Crippen molar-refractivity contribution in [3.63, 3.8) is 0 Å². The Kier molecular flexibility index (Phi) is 4.40. The predicted molar refractivity (Wildman–Crippen MR) is 78.3 cm³/mol. The van der Waals surface area contributed by atoms with Gasteiger partial charge in [-0.05, 0) is 18.6 Å². The number of benzene rings is 1. The number of hydrogen-bond acceptors (Lipinski definition) is 4. The van der Waals surface area contributed by atoms with E-state index in [1.807, 2.05) is 31.0 Å². The second-order valence-corrected chi connectivity index (χ2v) is 4.49. The fraction of sp³-hybridized carbons (Fsp3) is 0.267. The zero-order chi connectivity index (χ0) is 14.5. The Bertz CT molecular complexity index is 575. The quantitative estimate of drug-likeness (QED) is 0.852. The maximum Gasteiger partial charge on any atom is 0.167 e. The van der Waals surface area contributed by atoms with Gasteiger partial charge in [-0.3, -0.25) is 4.98 Å². The molecule has 0 spiro atoms. The Hall–Kier alpha value is -2.30. The van der Waals surface area contributed by atoms with Crippen molar-refractivity contribution in [2.45, 2.75) is 13.5 Å². The van der Waals surface area contributed by atoms with E-state index in [1.54, 1.807) is 18.5 Å². The summed E-state index contributed by atoms with van der Waals surface area (Å²) in [5.41, 5.74) is 8.06. The molecule has 0 amide bonds. The normalized spacial score (nSPS) is 10.3. The lowest BCUT2D eigenvalue weighted by Gasteiger charge is -2.22. The molecule has 0 aliphatic heterocycles. The van der Waals surface area contributed by atoms with Gasteiger partial charge in [0.15, 0.2) is 11.6 Å². The topological polar surface area (TPSA) is 51.4 Å². The third-order valence-electron chi connectivity index (χ3n) is 2.93. The van der Waals surface area contributed by atoms with Crippen molar-refractivity contribution in [3.05, 3.63) is 48.0 Å². The second kappa shape index (κ2) is 6.23. The molecular weight excluding hydrogens is 257 g/mol. The van der Waals surface area contributed by atoms with E-state index in [0.717, 1.165) is 11.3 Å². The van der Waals surface area contributed by atoms with Crippen molar-refractivity contribution in [2.75, 3.05) is 24.3 Å².